The van der Waals surface area contributed by atoms with Crippen molar-refractivity contribution in [3.8, 4) is 0 Å². The lowest BCUT2D eigenvalue weighted by molar-refractivity contribution is -0.384. The summed E-state index contributed by atoms with van der Waals surface area (Å²) in [4.78, 5) is 39.0. The highest BCUT2D eigenvalue weighted by Crippen LogP contribution is 2.28. The molecule has 4 rings (SSSR count). The van der Waals surface area contributed by atoms with Gasteiger partial charge in [-0.15, -0.1) is 0 Å². The van der Waals surface area contributed by atoms with Crippen LogP contribution in [0.2, 0.25) is 5.02 Å². The molecule has 10 heteroatoms. The Morgan fingerprint density at radius 2 is 1.74 bits per heavy atom. The zero-order chi connectivity index (χ0) is 24.8. The number of nitro groups is 1. The summed E-state index contributed by atoms with van der Waals surface area (Å²) in [7, 11) is 0. The maximum atomic E-state index is 12.3. The van der Waals surface area contributed by atoms with Crippen LogP contribution >= 0.6 is 11.6 Å². The van der Waals surface area contributed by atoms with Crippen LogP contribution in [0.1, 0.15) is 42.5 Å². The predicted octanol–water partition coefficient (Wildman–Crippen LogP) is 4.46. The van der Waals surface area contributed by atoms with Gasteiger partial charge in [0.05, 0.1) is 10.4 Å². The first kappa shape index (κ1) is 24.4. The topological polar surface area (TPSA) is 126 Å². The molecule has 0 unspecified atom stereocenters. The summed E-state index contributed by atoms with van der Waals surface area (Å²) in [5.74, 6) is -0.479. The molecule has 35 heavy (non-hydrogen) atoms. The van der Waals surface area contributed by atoms with Crippen LogP contribution in [0.4, 0.5) is 11.4 Å². The Labute approximate surface area is 207 Å². The summed E-state index contributed by atoms with van der Waals surface area (Å²) >= 11 is 6.07. The fourth-order valence-corrected chi connectivity index (χ4v) is 4.44. The van der Waals surface area contributed by atoms with Crippen molar-refractivity contribution in [3.05, 3.63) is 75.4 Å². The van der Waals surface area contributed by atoms with Crippen molar-refractivity contribution in [2.75, 3.05) is 11.9 Å². The molecule has 1 heterocycles. The van der Waals surface area contributed by atoms with Gasteiger partial charge in [-0.25, -0.2) is 0 Å². The van der Waals surface area contributed by atoms with Crippen molar-refractivity contribution in [2.45, 2.75) is 44.2 Å². The second-order valence-electron chi connectivity index (χ2n) is 8.59. The average Bonchev–Trinajstić information content (AvgIpc) is 2.85. The van der Waals surface area contributed by atoms with Crippen molar-refractivity contribution in [1.29, 1.82) is 0 Å². The van der Waals surface area contributed by atoms with E-state index in [1.807, 2.05) is 24.3 Å². The first-order chi connectivity index (χ1) is 16.9. The lowest BCUT2D eigenvalue weighted by Gasteiger charge is -2.30. The number of nitro benzene ring substituents is 1. The molecule has 1 fully saturated rings. The van der Waals surface area contributed by atoms with Gasteiger partial charge in [-0.05, 0) is 62.1 Å². The van der Waals surface area contributed by atoms with Gasteiger partial charge in [0.1, 0.15) is 0 Å². The number of carbonyl (C=O) groups excluding carboxylic acids is 2. The molecule has 0 atom stereocenters. The number of carbonyl (C=O) groups is 2. The van der Waals surface area contributed by atoms with E-state index in [2.05, 4.69) is 20.9 Å². The van der Waals surface area contributed by atoms with Crippen LogP contribution in [-0.4, -0.2) is 40.4 Å². The van der Waals surface area contributed by atoms with Crippen LogP contribution in [0.3, 0.4) is 0 Å². The minimum Gasteiger partial charge on any atom is -0.382 e. The summed E-state index contributed by atoms with van der Waals surface area (Å²) in [6.45, 7) is 0.192. The molecule has 0 saturated heterocycles. The van der Waals surface area contributed by atoms with Gasteiger partial charge in [-0.1, -0.05) is 11.6 Å². The Bertz CT molecular complexity index is 1230. The highest BCUT2D eigenvalue weighted by atomic mass is 35.5. The highest BCUT2D eigenvalue weighted by molar-refractivity contribution is 6.31. The molecule has 0 spiro atoms. The number of hydrogen-bond acceptors (Lipinski definition) is 6. The molecular weight excluding hydrogens is 470 g/mol. The van der Waals surface area contributed by atoms with E-state index in [0.29, 0.717) is 16.6 Å². The summed E-state index contributed by atoms with van der Waals surface area (Å²) in [6.07, 6.45) is 5.54. The van der Waals surface area contributed by atoms with E-state index in [1.54, 1.807) is 6.20 Å². The van der Waals surface area contributed by atoms with Gasteiger partial charge in [0.2, 0.25) is 5.91 Å². The molecule has 182 valence electrons. The molecule has 2 amide bonds. The number of pyridine rings is 1. The Morgan fingerprint density at radius 3 is 2.46 bits per heavy atom. The predicted molar refractivity (Wildman–Crippen MR) is 135 cm³/mol. The fraction of sp³-hybridized carbons (Fsp3) is 0.320. The third kappa shape index (κ3) is 6.45. The van der Waals surface area contributed by atoms with E-state index in [0.717, 1.165) is 42.3 Å². The van der Waals surface area contributed by atoms with Crippen LogP contribution < -0.4 is 16.0 Å². The number of fused-ring (bicyclic) bond motifs is 1. The zero-order valence-corrected chi connectivity index (χ0v) is 19.8. The van der Waals surface area contributed by atoms with E-state index in [1.165, 1.54) is 24.3 Å². The van der Waals surface area contributed by atoms with Gasteiger partial charge in [-0.2, -0.15) is 0 Å². The van der Waals surface area contributed by atoms with Gasteiger partial charge in [0, 0.05) is 65.0 Å². The highest BCUT2D eigenvalue weighted by Gasteiger charge is 2.23. The molecule has 0 radical (unpaired) electrons. The van der Waals surface area contributed by atoms with E-state index in [9.17, 15) is 19.7 Å². The maximum Gasteiger partial charge on any atom is 0.269 e. The molecule has 1 saturated carbocycles. The van der Waals surface area contributed by atoms with Crippen molar-refractivity contribution >= 4 is 45.7 Å². The minimum atomic E-state index is -0.521. The third-order valence-corrected chi connectivity index (χ3v) is 6.37. The first-order valence-electron chi connectivity index (χ1n) is 11.5. The van der Waals surface area contributed by atoms with Gasteiger partial charge in [0.25, 0.3) is 11.6 Å². The summed E-state index contributed by atoms with van der Waals surface area (Å²) in [5.41, 5.74) is 2.11. The number of halogens is 1. The first-order valence-corrected chi connectivity index (χ1v) is 11.9. The molecule has 0 aliphatic heterocycles. The lowest BCUT2D eigenvalue weighted by Crippen LogP contribution is -2.41. The summed E-state index contributed by atoms with van der Waals surface area (Å²) in [6, 6.07) is 13.4. The minimum absolute atomic E-state index is 0.0788. The third-order valence-electron chi connectivity index (χ3n) is 6.13. The number of nitrogens with one attached hydrogen (secondary N) is 3. The maximum absolute atomic E-state index is 12.3. The number of amides is 2. The molecule has 3 N–H and O–H groups in total. The second kappa shape index (κ2) is 11.1. The number of benzene rings is 2. The quantitative estimate of drug-likeness (QED) is 0.313. The van der Waals surface area contributed by atoms with Crippen molar-refractivity contribution < 1.29 is 14.5 Å². The summed E-state index contributed by atoms with van der Waals surface area (Å²) < 4.78 is 0. The fourth-order valence-electron chi connectivity index (χ4n) is 4.28. The second-order valence-corrected chi connectivity index (χ2v) is 9.03. The molecule has 1 aliphatic carbocycles. The Balaban J connectivity index is 1.18. The zero-order valence-electron chi connectivity index (χ0n) is 19.0. The number of anilines is 1. The van der Waals surface area contributed by atoms with Crippen LogP contribution in [-0.2, 0) is 4.79 Å². The Morgan fingerprint density at radius 1 is 1.03 bits per heavy atom. The lowest BCUT2D eigenvalue weighted by atomic mass is 9.90. The number of non-ortho nitro benzene ring substituents is 1. The monoisotopic (exact) mass is 495 g/mol. The number of hydrogen-bond donors (Lipinski definition) is 3. The molecule has 9 nitrogen and oxygen atoms in total. The molecule has 1 aromatic heterocycles. The van der Waals surface area contributed by atoms with Crippen LogP contribution in [0.25, 0.3) is 10.9 Å². The van der Waals surface area contributed by atoms with Crippen molar-refractivity contribution in [1.82, 2.24) is 15.6 Å². The van der Waals surface area contributed by atoms with E-state index >= 15 is 0 Å². The number of aromatic nitrogens is 1. The van der Waals surface area contributed by atoms with Crippen molar-refractivity contribution in [2.24, 2.45) is 0 Å². The average molecular weight is 496 g/mol. The van der Waals surface area contributed by atoms with Gasteiger partial charge >= 0.3 is 0 Å². The Kier molecular flexibility index (Phi) is 7.77. The SMILES string of the molecule is O=C(CCNC(=O)c1ccc([N+](=O)[O-])cc1)N[C@H]1CC[C@@H](Nc2ccnc3cc(Cl)ccc23)CC1. The molecule has 0 bridgehead atoms. The van der Waals surface area contributed by atoms with Crippen LogP contribution in [0, 0.1) is 10.1 Å². The van der Waals surface area contributed by atoms with Crippen molar-refractivity contribution in [3.63, 3.8) is 0 Å². The van der Waals surface area contributed by atoms with Gasteiger partial charge in [-0.3, -0.25) is 24.7 Å². The van der Waals surface area contributed by atoms with Gasteiger partial charge < -0.3 is 16.0 Å². The van der Waals surface area contributed by atoms with E-state index in [-0.39, 0.29) is 36.5 Å². The number of nitrogens with zero attached hydrogens (tertiary/aromatic N) is 2. The normalized spacial score (nSPS) is 17.5. The largest absolute Gasteiger partial charge is 0.382 e. The van der Waals surface area contributed by atoms with E-state index < -0.39 is 4.92 Å². The standard InChI is InChI=1S/C25H26ClN5O4/c26-17-3-10-21-22(11-13-27-23(21)15-17)29-18-4-6-19(7-5-18)30-24(32)12-14-28-25(33)16-1-8-20(9-2-16)31(34)35/h1-3,8-11,13,15,18-19H,4-7,12,14H2,(H,27,29)(H,28,33)(H,30,32)/t18-,19+. The van der Waals surface area contributed by atoms with Gasteiger partial charge in [0.15, 0.2) is 0 Å². The molecule has 3 aromatic rings. The van der Waals surface area contributed by atoms with E-state index in [4.69, 9.17) is 11.6 Å². The molecule has 2 aromatic carbocycles. The Hall–Kier alpha value is -3.72. The van der Waals surface area contributed by atoms with Crippen LogP contribution in [0.15, 0.2) is 54.7 Å². The smallest absolute Gasteiger partial charge is 0.269 e. The molecular formula is C25H26ClN5O4. The summed E-state index contributed by atoms with van der Waals surface area (Å²) in [5, 5.41) is 21.7. The number of rotatable bonds is 8. The van der Waals surface area contributed by atoms with Crippen LogP contribution in [0.5, 0.6) is 0 Å². The molecule has 1 aliphatic rings.